The molecule has 2 aliphatic rings. The third-order valence-corrected chi connectivity index (χ3v) is 2.49. The molecule has 0 spiro atoms. The number of rotatable bonds is 1. The summed E-state index contributed by atoms with van der Waals surface area (Å²) in [5, 5.41) is 18.5. The molecule has 2 heterocycles. The lowest BCUT2D eigenvalue weighted by Crippen LogP contribution is -2.52. The fourth-order valence-corrected chi connectivity index (χ4v) is 1.69. The topological polar surface area (TPSA) is 58.9 Å². The van der Waals surface area contributed by atoms with E-state index in [1.807, 2.05) is 0 Å². The summed E-state index contributed by atoms with van der Waals surface area (Å²) < 4.78 is 10.5. The highest BCUT2D eigenvalue weighted by Gasteiger charge is 2.52. The summed E-state index contributed by atoms with van der Waals surface area (Å²) in [6.45, 7) is 0.724. The predicted molar refractivity (Wildman–Crippen MR) is 36.1 cm³/mol. The van der Waals surface area contributed by atoms with Gasteiger partial charge in [0, 0.05) is 0 Å². The summed E-state index contributed by atoms with van der Waals surface area (Å²) in [6.07, 6.45) is -0.0553. The molecule has 2 rings (SSSR count). The fraction of sp³-hybridized carbons (Fsp3) is 1.00. The van der Waals surface area contributed by atoms with Gasteiger partial charge in [0.15, 0.2) is 0 Å². The minimum absolute atomic E-state index is 0.129. The molecule has 3 unspecified atom stereocenters. The van der Waals surface area contributed by atoms with Crippen LogP contribution < -0.4 is 0 Å². The normalized spacial score (nSPS) is 49.6. The van der Waals surface area contributed by atoms with E-state index in [-0.39, 0.29) is 12.7 Å². The summed E-state index contributed by atoms with van der Waals surface area (Å²) in [5.41, 5.74) is -0.817. The van der Waals surface area contributed by atoms with Crippen LogP contribution in [0.2, 0.25) is 0 Å². The first kappa shape index (κ1) is 7.49. The van der Waals surface area contributed by atoms with Crippen LogP contribution in [-0.2, 0) is 9.47 Å². The van der Waals surface area contributed by atoms with Crippen molar-refractivity contribution in [1.82, 2.24) is 0 Å². The molecule has 0 saturated carbocycles. The number of hydrogen-bond donors (Lipinski definition) is 2. The van der Waals surface area contributed by atoms with Gasteiger partial charge in [0.2, 0.25) is 0 Å². The van der Waals surface area contributed by atoms with Crippen molar-refractivity contribution in [1.29, 1.82) is 0 Å². The Morgan fingerprint density at radius 2 is 2.36 bits per heavy atom. The number of hydrogen-bond acceptors (Lipinski definition) is 4. The lowest BCUT2D eigenvalue weighted by molar-refractivity contribution is -0.150. The van der Waals surface area contributed by atoms with Gasteiger partial charge in [-0.2, -0.15) is 0 Å². The minimum Gasteiger partial charge on any atom is -0.393 e. The first-order chi connectivity index (χ1) is 5.28. The Morgan fingerprint density at radius 1 is 1.55 bits per heavy atom. The molecule has 2 fully saturated rings. The molecule has 3 atom stereocenters. The molecule has 0 aromatic rings. The van der Waals surface area contributed by atoms with E-state index >= 15 is 0 Å². The van der Waals surface area contributed by atoms with Gasteiger partial charge in [0.05, 0.1) is 25.9 Å². The average molecular weight is 160 g/mol. The minimum atomic E-state index is -0.817. The Balaban J connectivity index is 2.19. The molecule has 0 aliphatic carbocycles. The number of ether oxygens (including phenoxy) is 2. The maximum atomic E-state index is 9.55. The van der Waals surface area contributed by atoms with Gasteiger partial charge < -0.3 is 19.7 Å². The van der Waals surface area contributed by atoms with Gasteiger partial charge in [0.25, 0.3) is 0 Å². The third kappa shape index (κ3) is 0.906. The molecule has 2 bridgehead atoms. The summed E-state index contributed by atoms with van der Waals surface area (Å²) in [4.78, 5) is 0. The highest BCUT2D eigenvalue weighted by atomic mass is 16.6. The summed E-state index contributed by atoms with van der Waals surface area (Å²) in [7, 11) is 0. The third-order valence-electron chi connectivity index (χ3n) is 2.49. The van der Waals surface area contributed by atoms with Gasteiger partial charge in [-0.25, -0.2) is 0 Å². The quantitative estimate of drug-likeness (QED) is 0.511. The van der Waals surface area contributed by atoms with Crippen LogP contribution in [0.4, 0.5) is 0 Å². The summed E-state index contributed by atoms with van der Waals surface area (Å²) in [5.74, 6) is 0. The first-order valence-corrected chi connectivity index (χ1v) is 3.83. The van der Waals surface area contributed by atoms with E-state index in [0.717, 1.165) is 6.42 Å². The smallest absolute Gasteiger partial charge is 0.142 e. The summed E-state index contributed by atoms with van der Waals surface area (Å²) >= 11 is 0. The molecule has 0 aromatic carbocycles. The van der Waals surface area contributed by atoms with Crippen LogP contribution in [0.5, 0.6) is 0 Å². The molecule has 11 heavy (non-hydrogen) atoms. The van der Waals surface area contributed by atoms with Gasteiger partial charge in [-0.1, -0.05) is 0 Å². The second-order valence-corrected chi connectivity index (χ2v) is 3.15. The van der Waals surface area contributed by atoms with Crippen LogP contribution >= 0.6 is 0 Å². The Hall–Kier alpha value is -0.160. The Bertz CT molecular complexity index is 157. The lowest BCUT2D eigenvalue weighted by atomic mass is 9.93. The second-order valence-electron chi connectivity index (χ2n) is 3.15. The molecule has 0 aromatic heterocycles. The average Bonchev–Trinajstić information content (AvgIpc) is 2.25. The van der Waals surface area contributed by atoms with Gasteiger partial charge in [0.1, 0.15) is 11.7 Å². The first-order valence-electron chi connectivity index (χ1n) is 3.83. The van der Waals surface area contributed by atoms with Crippen molar-refractivity contribution in [2.45, 2.75) is 24.2 Å². The van der Waals surface area contributed by atoms with E-state index in [2.05, 4.69) is 0 Å². The van der Waals surface area contributed by atoms with E-state index in [4.69, 9.17) is 14.6 Å². The predicted octanol–water partition coefficient (Wildman–Crippen LogP) is -1.10. The number of aliphatic hydroxyl groups excluding tert-OH is 2. The van der Waals surface area contributed by atoms with Crippen molar-refractivity contribution in [3.8, 4) is 0 Å². The zero-order valence-electron chi connectivity index (χ0n) is 6.19. The van der Waals surface area contributed by atoms with Crippen molar-refractivity contribution in [2.24, 2.45) is 0 Å². The molecule has 0 amide bonds. The van der Waals surface area contributed by atoms with Gasteiger partial charge in [-0.3, -0.25) is 0 Å². The van der Waals surface area contributed by atoms with Crippen LogP contribution in [0.1, 0.15) is 6.42 Å². The zero-order valence-corrected chi connectivity index (χ0v) is 6.19. The van der Waals surface area contributed by atoms with Crippen LogP contribution in [0.25, 0.3) is 0 Å². The summed E-state index contributed by atoms with van der Waals surface area (Å²) in [6, 6.07) is 0. The van der Waals surface area contributed by atoms with Crippen LogP contribution in [0.15, 0.2) is 0 Å². The monoisotopic (exact) mass is 160 g/mol. The molecule has 4 nitrogen and oxygen atoms in total. The zero-order chi connectivity index (χ0) is 7.90. The highest BCUT2D eigenvalue weighted by Crippen LogP contribution is 2.34. The largest absolute Gasteiger partial charge is 0.393 e. The van der Waals surface area contributed by atoms with Crippen LogP contribution in [0.3, 0.4) is 0 Å². The maximum absolute atomic E-state index is 9.55. The van der Waals surface area contributed by atoms with E-state index in [9.17, 15) is 5.11 Å². The standard InChI is InChI=1S/C7H12O4/c8-3-7-4-10-5(6(7)9)1-2-11-7/h5-6,8-9H,1-4H2. The van der Waals surface area contributed by atoms with Gasteiger partial charge in [-0.15, -0.1) is 0 Å². The van der Waals surface area contributed by atoms with Gasteiger partial charge in [-0.05, 0) is 6.42 Å². The second kappa shape index (κ2) is 2.42. The van der Waals surface area contributed by atoms with E-state index in [1.165, 1.54) is 0 Å². The van der Waals surface area contributed by atoms with Crippen molar-refractivity contribution in [2.75, 3.05) is 19.8 Å². The lowest BCUT2D eigenvalue weighted by Gasteiger charge is -2.33. The Labute approximate surface area is 64.7 Å². The molecule has 4 heteroatoms. The van der Waals surface area contributed by atoms with Crippen molar-refractivity contribution in [3.05, 3.63) is 0 Å². The maximum Gasteiger partial charge on any atom is 0.142 e. The van der Waals surface area contributed by atoms with Crippen LogP contribution in [0, 0.1) is 0 Å². The van der Waals surface area contributed by atoms with Crippen molar-refractivity contribution in [3.63, 3.8) is 0 Å². The number of fused-ring (bicyclic) bond motifs is 2. The van der Waals surface area contributed by atoms with Crippen molar-refractivity contribution < 1.29 is 19.7 Å². The fourth-order valence-electron chi connectivity index (χ4n) is 1.69. The van der Waals surface area contributed by atoms with E-state index < -0.39 is 11.7 Å². The Kier molecular flexibility index (Phi) is 1.64. The molecule has 2 saturated heterocycles. The van der Waals surface area contributed by atoms with Gasteiger partial charge >= 0.3 is 0 Å². The molecular formula is C7H12O4. The Morgan fingerprint density at radius 3 is 3.00 bits per heavy atom. The van der Waals surface area contributed by atoms with E-state index in [1.54, 1.807) is 0 Å². The van der Waals surface area contributed by atoms with E-state index in [0.29, 0.717) is 13.2 Å². The van der Waals surface area contributed by atoms with Crippen molar-refractivity contribution >= 4 is 0 Å². The molecule has 2 aliphatic heterocycles. The number of aliphatic hydroxyl groups is 2. The molecule has 0 radical (unpaired) electrons. The highest BCUT2D eigenvalue weighted by molar-refractivity contribution is 5.00. The molecule has 2 N–H and O–H groups in total. The molecular weight excluding hydrogens is 148 g/mol. The SMILES string of the molecule is OCC12COC(CCO1)C2O. The molecule has 64 valence electrons. The van der Waals surface area contributed by atoms with Crippen LogP contribution in [-0.4, -0.2) is 47.8 Å².